The average Bonchev–Trinajstić information content (AvgIpc) is 2.81. The Morgan fingerprint density at radius 2 is 1.52 bits per heavy atom. The van der Waals surface area contributed by atoms with E-state index in [1.54, 1.807) is 67.6 Å². The Morgan fingerprint density at radius 1 is 0.839 bits per heavy atom. The summed E-state index contributed by atoms with van der Waals surface area (Å²) in [5, 5.41) is 12.6. The summed E-state index contributed by atoms with van der Waals surface area (Å²) in [4.78, 5) is 43.2. The molecule has 0 saturated heterocycles. The molecule has 2 aliphatic rings. The third-order valence-electron chi connectivity index (χ3n) is 5.69. The van der Waals surface area contributed by atoms with E-state index in [0.29, 0.717) is 38.1 Å². The number of pyridine rings is 1. The van der Waals surface area contributed by atoms with Crippen LogP contribution in [0.15, 0.2) is 76.3 Å². The van der Waals surface area contributed by atoms with Gasteiger partial charge in [-0.25, -0.2) is 4.98 Å². The van der Waals surface area contributed by atoms with Crippen LogP contribution >= 0.6 is 0 Å². The Bertz CT molecular complexity index is 1620. The second kappa shape index (κ2) is 6.99. The first-order valence-corrected chi connectivity index (χ1v) is 9.99. The van der Waals surface area contributed by atoms with Crippen molar-refractivity contribution < 1.29 is 9.90 Å². The Balaban J connectivity index is 2.10. The first kappa shape index (κ1) is 18.9. The first-order chi connectivity index (χ1) is 15.0. The zero-order chi connectivity index (χ0) is 21.7. The average molecular weight is 407 g/mol. The molecule has 1 N–H and O–H groups in total. The van der Waals surface area contributed by atoms with Crippen LogP contribution in [-0.2, 0) is 0 Å². The maximum atomic E-state index is 13.2. The number of aromatic nitrogens is 1. The maximum Gasteiger partial charge on any atom is 0.281 e. The lowest BCUT2D eigenvalue weighted by atomic mass is 9.86. The topological polar surface area (TPSA) is 84.3 Å². The Kier molecular flexibility index (Phi) is 4.26. The second-order valence-corrected chi connectivity index (χ2v) is 7.42. The van der Waals surface area contributed by atoms with E-state index in [2.05, 4.69) is 4.98 Å². The van der Waals surface area contributed by atoms with Crippen LogP contribution in [0.4, 0.5) is 0 Å². The van der Waals surface area contributed by atoms with Crippen molar-refractivity contribution >= 4 is 33.2 Å². The number of benzene rings is 4. The molecule has 0 aromatic heterocycles. The van der Waals surface area contributed by atoms with Crippen LogP contribution in [0.3, 0.4) is 0 Å². The number of fused-ring (bicyclic) bond motifs is 2. The van der Waals surface area contributed by atoms with Crippen molar-refractivity contribution in [2.24, 2.45) is 0 Å². The highest BCUT2D eigenvalue weighted by molar-refractivity contribution is 6.17. The molecule has 1 heterocycles. The number of rotatable bonds is 3. The van der Waals surface area contributed by atoms with Crippen molar-refractivity contribution in [1.82, 2.24) is 4.98 Å². The molecule has 5 nitrogen and oxygen atoms in total. The van der Waals surface area contributed by atoms with Gasteiger partial charge < -0.3 is 5.11 Å². The van der Waals surface area contributed by atoms with E-state index in [9.17, 15) is 19.5 Å². The van der Waals surface area contributed by atoms with Crippen LogP contribution in [0.1, 0.15) is 29.3 Å². The van der Waals surface area contributed by atoms with Crippen LogP contribution in [0.5, 0.6) is 0 Å². The first-order valence-electron chi connectivity index (χ1n) is 9.99. The molecule has 0 spiro atoms. The Labute approximate surface area is 176 Å². The fourth-order valence-corrected chi connectivity index (χ4v) is 4.23. The van der Waals surface area contributed by atoms with Crippen molar-refractivity contribution in [3.8, 4) is 11.1 Å². The fraction of sp³-hybridized carbons (Fsp3) is 0.0769. The number of ketones is 1. The largest absolute Gasteiger partial charge is 0.507 e. The highest BCUT2D eigenvalue weighted by Gasteiger charge is 2.27. The SMILES string of the molecule is CCC(=O)c1c2c3ccccc3c(=O)c3cc/c(=C(/O)c4ccccc4)c(nc1=O)c3-2. The van der Waals surface area contributed by atoms with Crippen molar-refractivity contribution in [2.45, 2.75) is 13.3 Å². The highest BCUT2D eigenvalue weighted by Crippen LogP contribution is 2.36. The molecule has 150 valence electrons. The third-order valence-corrected chi connectivity index (χ3v) is 5.69. The molecule has 0 atom stereocenters. The summed E-state index contributed by atoms with van der Waals surface area (Å²) in [6.45, 7) is 1.69. The van der Waals surface area contributed by atoms with Gasteiger partial charge in [-0.2, -0.15) is 0 Å². The predicted molar refractivity (Wildman–Crippen MR) is 121 cm³/mol. The van der Waals surface area contributed by atoms with Gasteiger partial charge in [0, 0.05) is 39.1 Å². The molecule has 0 saturated carbocycles. The lowest BCUT2D eigenvalue weighted by molar-refractivity contribution is 0.0987. The number of nitrogens with zero attached hydrogens (tertiary/aromatic N) is 1. The van der Waals surface area contributed by atoms with E-state index >= 15 is 0 Å². The van der Waals surface area contributed by atoms with Crippen molar-refractivity contribution in [3.05, 3.63) is 104 Å². The van der Waals surface area contributed by atoms with E-state index in [4.69, 9.17) is 0 Å². The molecule has 1 aliphatic heterocycles. The van der Waals surface area contributed by atoms with Crippen LogP contribution in [-0.4, -0.2) is 15.9 Å². The highest BCUT2D eigenvalue weighted by atomic mass is 16.3. The van der Waals surface area contributed by atoms with E-state index in [1.165, 1.54) is 0 Å². The maximum absolute atomic E-state index is 13.2. The number of carbonyl (C=O) groups is 1. The zero-order valence-corrected chi connectivity index (χ0v) is 16.7. The van der Waals surface area contributed by atoms with Crippen LogP contribution in [0, 0.1) is 0 Å². The van der Waals surface area contributed by atoms with Gasteiger partial charge in [0.15, 0.2) is 11.2 Å². The number of hydrogen-bond acceptors (Lipinski definition) is 5. The molecule has 0 bridgehead atoms. The van der Waals surface area contributed by atoms with Crippen LogP contribution in [0.2, 0.25) is 0 Å². The number of carbonyl (C=O) groups excluding carboxylic acids is 1. The molecule has 0 fully saturated rings. The monoisotopic (exact) mass is 407 g/mol. The van der Waals surface area contributed by atoms with Crippen molar-refractivity contribution in [2.75, 3.05) is 0 Å². The molecule has 0 radical (unpaired) electrons. The van der Waals surface area contributed by atoms with Crippen molar-refractivity contribution in [3.63, 3.8) is 0 Å². The summed E-state index contributed by atoms with van der Waals surface area (Å²) in [7, 11) is 0. The van der Waals surface area contributed by atoms with Gasteiger partial charge in [0.2, 0.25) is 0 Å². The fourth-order valence-electron chi connectivity index (χ4n) is 4.23. The number of hydrogen-bond donors (Lipinski definition) is 1. The lowest BCUT2D eigenvalue weighted by Gasteiger charge is -2.17. The normalized spacial score (nSPS) is 12.5. The van der Waals surface area contributed by atoms with E-state index in [1.807, 2.05) is 6.07 Å². The molecular formula is C26H17NO4. The third kappa shape index (κ3) is 2.70. The smallest absolute Gasteiger partial charge is 0.281 e. The van der Waals surface area contributed by atoms with E-state index < -0.39 is 5.56 Å². The molecule has 3 aromatic rings. The van der Waals surface area contributed by atoms with Crippen molar-refractivity contribution in [1.29, 1.82) is 0 Å². The molecule has 3 aromatic carbocycles. The van der Waals surface area contributed by atoms with E-state index in [-0.39, 0.29) is 34.5 Å². The molecule has 1 aliphatic carbocycles. The van der Waals surface area contributed by atoms with Crippen LogP contribution in [0.25, 0.3) is 38.6 Å². The van der Waals surface area contributed by atoms with Gasteiger partial charge in [0.05, 0.1) is 11.1 Å². The minimum Gasteiger partial charge on any atom is -0.507 e. The summed E-state index contributed by atoms with van der Waals surface area (Å²) in [5.41, 5.74) is 0.772. The molecule has 5 heteroatoms. The zero-order valence-electron chi connectivity index (χ0n) is 16.7. The van der Waals surface area contributed by atoms with Gasteiger partial charge >= 0.3 is 0 Å². The molecule has 31 heavy (non-hydrogen) atoms. The molecule has 0 unspecified atom stereocenters. The minimum atomic E-state index is -0.655. The summed E-state index contributed by atoms with van der Waals surface area (Å²) in [6, 6.07) is 19.1. The summed E-state index contributed by atoms with van der Waals surface area (Å²) in [5.74, 6) is -0.378. The van der Waals surface area contributed by atoms with Gasteiger partial charge in [0.25, 0.3) is 5.56 Å². The van der Waals surface area contributed by atoms with Crippen LogP contribution < -0.4 is 16.2 Å². The van der Waals surface area contributed by atoms with Gasteiger partial charge in [-0.15, -0.1) is 0 Å². The number of Topliss-reactive ketones (excluding diaryl/α,β-unsaturated/α-hetero) is 1. The summed E-state index contributed by atoms with van der Waals surface area (Å²) in [6.07, 6.45) is 0.141. The molecular weight excluding hydrogens is 390 g/mol. The minimum absolute atomic E-state index is 0.00690. The van der Waals surface area contributed by atoms with Gasteiger partial charge in [-0.05, 0) is 17.5 Å². The Morgan fingerprint density at radius 3 is 2.23 bits per heavy atom. The standard InChI is InChI=1S/C26H17NO4/c1-2-19(28)22-20-15-10-6-7-11-16(15)25(30)17-12-13-18(23(21(17)20)27-26(22)31)24(29)14-8-4-3-5-9-14/h3-13,29H,2H2,1H3/b24-18-. The quantitative estimate of drug-likeness (QED) is 0.280. The predicted octanol–water partition coefficient (Wildman–Crippen LogP) is 3.68. The number of aliphatic hydroxyl groups is 1. The molecule has 5 rings (SSSR count). The molecule has 0 amide bonds. The van der Waals surface area contributed by atoms with E-state index in [0.717, 1.165) is 0 Å². The number of aliphatic hydroxyl groups excluding tert-OH is 1. The summed E-state index contributed by atoms with van der Waals surface area (Å²) >= 11 is 0. The van der Waals surface area contributed by atoms with Gasteiger partial charge in [-0.1, -0.05) is 61.5 Å². The Hall–Kier alpha value is -4.12. The van der Waals surface area contributed by atoms with Gasteiger partial charge in [-0.3, -0.25) is 14.4 Å². The second-order valence-electron chi connectivity index (χ2n) is 7.42. The summed E-state index contributed by atoms with van der Waals surface area (Å²) < 4.78 is 0. The lowest BCUT2D eigenvalue weighted by Crippen LogP contribution is -2.25. The van der Waals surface area contributed by atoms with Gasteiger partial charge in [0.1, 0.15) is 5.76 Å².